The van der Waals surface area contributed by atoms with Crippen molar-refractivity contribution in [3.8, 4) is 0 Å². The predicted molar refractivity (Wildman–Crippen MR) is 83.5 cm³/mol. The third kappa shape index (κ3) is 2.65. The lowest BCUT2D eigenvalue weighted by atomic mass is 10.2. The molecule has 100 valence electrons. The first kappa shape index (κ1) is 12.7. The van der Waals surface area contributed by atoms with Gasteiger partial charge in [0.15, 0.2) is 0 Å². The third-order valence-electron chi connectivity index (χ3n) is 2.97. The van der Waals surface area contributed by atoms with Gasteiger partial charge in [-0.25, -0.2) is 10.4 Å². The molecular formula is C15H13ClN4. The SMILES string of the molecule is Cc1cccc2[nH]c(N/N=C/c3ccc(Cl)cc3)nc12. The number of H-pyrrole nitrogens is 1. The van der Waals surface area contributed by atoms with E-state index in [-0.39, 0.29) is 0 Å². The van der Waals surface area contributed by atoms with E-state index in [0.29, 0.717) is 11.0 Å². The van der Waals surface area contributed by atoms with Gasteiger partial charge in [0.05, 0.1) is 17.2 Å². The fourth-order valence-corrected chi connectivity index (χ4v) is 2.07. The van der Waals surface area contributed by atoms with Crippen molar-refractivity contribution in [1.29, 1.82) is 0 Å². The molecule has 0 aliphatic rings. The van der Waals surface area contributed by atoms with Gasteiger partial charge in [-0.15, -0.1) is 0 Å². The number of aromatic nitrogens is 2. The maximum atomic E-state index is 5.83. The van der Waals surface area contributed by atoms with Gasteiger partial charge in [-0.2, -0.15) is 5.10 Å². The van der Waals surface area contributed by atoms with Crippen LogP contribution >= 0.6 is 11.6 Å². The fraction of sp³-hybridized carbons (Fsp3) is 0.0667. The molecule has 0 saturated carbocycles. The largest absolute Gasteiger partial charge is 0.323 e. The van der Waals surface area contributed by atoms with Gasteiger partial charge in [0, 0.05) is 5.02 Å². The minimum absolute atomic E-state index is 0.625. The lowest BCUT2D eigenvalue weighted by molar-refractivity contribution is 1.21. The Balaban J connectivity index is 1.76. The van der Waals surface area contributed by atoms with Gasteiger partial charge in [0.25, 0.3) is 0 Å². The number of benzene rings is 2. The molecule has 2 N–H and O–H groups in total. The number of anilines is 1. The van der Waals surface area contributed by atoms with E-state index in [1.807, 2.05) is 49.4 Å². The van der Waals surface area contributed by atoms with Crippen LogP contribution in [0.25, 0.3) is 11.0 Å². The Morgan fingerprint density at radius 2 is 2.00 bits per heavy atom. The summed E-state index contributed by atoms with van der Waals surface area (Å²) in [6, 6.07) is 13.5. The second kappa shape index (κ2) is 5.35. The summed E-state index contributed by atoms with van der Waals surface area (Å²) in [7, 11) is 0. The van der Waals surface area contributed by atoms with E-state index in [1.54, 1.807) is 6.21 Å². The number of aromatic amines is 1. The molecule has 0 spiro atoms. The van der Waals surface area contributed by atoms with Crippen molar-refractivity contribution in [2.24, 2.45) is 5.10 Å². The third-order valence-corrected chi connectivity index (χ3v) is 3.22. The molecule has 0 atom stereocenters. The van der Waals surface area contributed by atoms with E-state index >= 15 is 0 Å². The molecule has 1 aromatic heterocycles. The van der Waals surface area contributed by atoms with E-state index < -0.39 is 0 Å². The number of rotatable bonds is 3. The minimum atomic E-state index is 0.625. The summed E-state index contributed by atoms with van der Waals surface area (Å²) in [6.45, 7) is 2.03. The number of nitrogens with zero attached hydrogens (tertiary/aromatic N) is 2. The normalized spacial score (nSPS) is 11.3. The Morgan fingerprint density at radius 1 is 1.20 bits per heavy atom. The molecule has 20 heavy (non-hydrogen) atoms. The molecule has 0 fully saturated rings. The van der Waals surface area contributed by atoms with Crippen LogP contribution in [-0.2, 0) is 0 Å². The molecule has 0 aliphatic heterocycles. The minimum Gasteiger partial charge on any atom is -0.323 e. The molecule has 1 heterocycles. The van der Waals surface area contributed by atoms with Gasteiger partial charge >= 0.3 is 0 Å². The maximum absolute atomic E-state index is 5.83. The zero-order valence-corrected chi connectivity index (χ0v) is 11.6. The molecular weight excluding hydrogens is 272 g/mol. The Morgan fingerprint density at radius 3 is 2.75 bits per heavy atom. The highest BCUT2D eigenvalue weighted by Crippen LogP contribution is 2.17. The number of para-hydroxylation sites is 1. The van der Waals surface area contributed by atoms with Crippen LogP contribution in [0.4, 0.5) is 5.95 Å². The zero-order valence-electron chi connectivity index (χ0n) is 10.9. The fourth-order valence-electron chi connectivity index (χ4n) is 1.95. The smallest absolute Gasteiger partial charge is 0.222 e. The molecule has 3 rings (SSSR count). The number of aryl methyl sites for hydroxylation is 1. The number of nitrogens with one attached hydrogen (secondary N) is 2. The molecule has 5 heteroatoms. The average molecular weight is 285 g/mol. The standard InChI is InChI=1S/C15H13ClN4/c1-10-3-2-4-13-14(10)19-15(18-13)20-17-9-11-5-7-12(16)8-6-11/h2-9H,1H3,(H2,18,19,20)/b17-9+. The van der Waals surface area contributed by atoms with Crippen LogP contribution in [0.3, 0.4) is 0 Å². The van der Waals surface area contributed by atoms with Crippen molar-refractivity contribution >= 4 is 34.8 Å². The van der Waals surface area contributed by atoms with Crippen LogP contribution in [0.5, 0.6) is 0 Å². The van der Waals surface area contributed by atoms with Crippen LogP contribution < -0.4 is 5.43 Å². The lowest BCUT2D eigenvalue weighted by Gasteiger charge is -1.94. The number of hydrazone groups is 1. The highest BCUT2D eigenvalue weighted by molar-refractivity contribution is 6.30. The molecule has 2 aromatic carbocycles. The van der Waals surface area contributed by atoms with Crippen LogP contribution in [0.15, 0.2) is 47.6 Å². The monoisotopic (exact) mass is 284 g/mol. The molecule has 3 aromatic rings. The van der Waals surface area contributed by atoms with Crippen LogP contribution in [0.2, 0.25) is 5.02 Å². The Labute approximate surface area is 121 Å². The summed E-state index contributed by atoms with van der Waals surface area (Å²) >= 11 is 5.83. The second-order valence-electron chi connectivity index (χ2n) is 4.48. The van der Waals surface area contributed by atoms with E-state index in [2.05, 4.69) is 20.5 Å². The van der Waals surface area contributed by atoms with Gasteiger partial charge in [-0.3, -0.25) is 0 Å². The van der Waals surface area contributed by atoms with Crippen LogP contribution in [-0.4, -0.2) is 16.2 Å². The summed E-state index contributed by atoms with van der Waals surface area (Å²) in [5.41, 5.74) is 6.94. The van der Waals surface area contributed by atoms with Gasteiger partial charge in [0.1, 0.15) is 0 Å². The van der Waals surface area contributed by atoms with Crippen molar-refractivity contribution in [2.45, 2.75) is 6.92 Å². The first-order valence-corrected chi connectivity index (χ1v) is 6.60. The van der Waals surface area contributed by atoms with Gasteiger partial charge < -0.3 is 4.98 Å². The highest BCUT2D eigenvalue weighted by Gasteiger charge is 2.02. The molecule has 4 nitrogen and oxygen atoms in total. The zero-order chi connectivity index (χ0) is 13.9. The summed E-state index contributed by atoms with van der Waals surface area (Å²) in [5, 5.41) is 4.87. The number of hydrogen-bond acceptors (Lipinski definition) is 3. The summed E-state index contributed by atoms with van der Waals surface area (Å²) in [5.74, 6) is 0.625. The van der Waals surface area contributed by atoms with Gasteiger partial charge in [-0.05, 0) is 36.2 Å². The van der Waals surface area contributed by atoms with E-state index in [1.165, 1.54) is 0 Å². The van der Waals surface area contributed by atoms with E-state index in [0.717, 1.165) is 22.2 Å². The summed E-state index contributed by atoms with van der Waals surface area (Å²) in [6.07, 6.45) is 1.72. The summed E-state index contributed by atoms with van der Waals surface area (Å²) in [4.78, 5) is 7.63. The number of halogens is 1. The Bertz CT molecular complexity index is 759. The quantitative estimate of drug-likeness (QED) is 0.565. The average Bonchev–Trinajstić information content (AvgIpc) is 2.85. The van der Waals surface area contributed by atoms with Crippen molar-refractivity contribution < 1.29 is 0 Å². The predicted octanol–water partition coefficient (Wildman–Crippen LogP) is 3.97. The molecule has 0 saturated heterocycles. The maximum Gasteiger partial charge on any atom is 0.222 e. The Kier molecular flexibility index (Phi) is 3.39. The Hall–Kier alpha value is -2.33. The van der Waals surface area contributed by atoms with Crippen LogP contribution in [0.1, 0.15) is 11.1 Å². The van der Waals surface area contributed by atoms with Crippen LogP contribution in [0, 0.1) is 6.92 Å². The van der Waals surface area contributed by atoms with E-state index in [4.69, 9.17) is 11.6 Å². The number of hydrogen-bond donors (Lipinski definition) is 2. The van der Waals surface area contributed by atoms with Crippen molar-refractivity contribution in [3.63, 3.8) is 0 Å². The van der Waals surface area contributed by atoms with Gasteiger partial charge in [-0.1, -0.05) is 35.9 Å². The van der Waals surface area contributed by atoms with E-state index in [9.17, 15) is 0 Å². The first-order chi connectivity index (χ1) is 9.72. The lowest BCUT2D eigenvalue weighted by Crippen LogP contribution is -1.92. The molecule has 0 amide bonds. The molecule has 0 radical (unpaired) electrons. The second-order valence-corrected chi connectivity index (χ2v) is 4.91. The van der Waals surface area contributed by atoms with Crippen molar-refractivity contribution in [2.75, 3.05) is 5.43 Å². The molecule has 0 aliphatic carbocycles. The number of imidazole rings is 1. The van der Waals surface area contributed by atoms with Crippen molar-refractivity contribution in [3.05, 3.63) is 58.6 Å². The number of fused-ring (bicyclic) bond motifs is 1. The summed E-state index contributed by atoms with van der Waals surface area (Å²) < 4.78 is 0. The highest BCUT2D eigenvalue weighted by atomic mass is 35.5. The first-order valence-electron chi connectivity index (χ1n) is 6.22. The molecule has 0 bridgehead atoms. The topological polar surface area (TPSA) is 53.1 Å². The molecule has 0 unspecified atom stereocenters. The van der Waals surface area contributed by atoms with Gasteiger partial charge in [0.2, 0.25) is 5.95 Å². The van der Waals surface area contributed by atoms with Crippen molar-refractivity contribution in [1.82, 2.24) is 9.97 Å².